The van der Waals surface area contributed by atoms with Gasteiger partial charge in [0, 0.05) is 13.2 Å². The van der Waals surface area contributed by atoms with Gasteiger partial charge in [-0.25, -0.2) is 0 Å². The van der Waals surface area contributed by atoms with Gasteiger partial charge in [0.05, 0.1) is 0 Å². The molecule has 0 unspecified atom stereocenters. The molecule has 0 fully saturated rings. The number of rotatable bonds is 2. The van der Waals surface area contributed by atoms with Crippen LogP contribution in [0.15, 0.2) is 12.2 Å². The average molecular weight is 244 g/mol. The van der Waals surface area contributed by atoms with Crippen molar-refractivity contribution in [1.82, 2.24) is 0 Å². The summed E-state index contributed by atoms with van der Waals surface area (Å²) in [5.41, 5.74) is -4.97. The van der Waals surface area contributed by atoms with Crippen molar-refractivity contribution in [2.45, 2.75) is 18.0 Å². The Labute approximate surface area is 78.3 Å². The Morgan fingerprint density at radius 3 is 1.33 bits per heavy atom. The highest BCUT2D eigenvalue weighted by Crippen LogP contribution is 2.47. The molecular weight excluding hydrogens is 240 g/mol. The summed E-state index contributed by atoms with van der Waals surface area (Å²) in [6.07, 6.45) is -16.5. The molecule has 0 heterocycles. The Bertz CT molecular complexity index is 231. The van der Waals surface area contributed by atoms with Crippen molar-refractivity contribution >= 4 is 0 Å². The maximum absolute atomic E-state index is 12.0. The van der Waals surface area contributed by atoms with Gasteiger partial charge >= 0.3 is 12.4 Å². The number of methoxy groups -OCH3 is 1. The predicted molar refractivity (Wildman–Crippen MR) is 32.1 cm³/mol. The monoisotopic (exact) mass is 244 g/mol. The summed E-state index contributed by atoms with van der Waals surface area (Å²) in [6.45, 7) is 0. The van der Waals surface area contributed by atoms with Crippen molar-refractivity contribution in [1.29, 1.82) is 0 Å². The smallest absolute Gasteiger partial charge is 0.358 e. The molecule has 0 spiro atoms. The molecule has 0 radical (unpaired) electrons. The molecule has 0 saturated carbocycles. The van der Waals surface area contributed by atoms with E-state index < -0.39 is 30.1 Å². The van der Waals surface area contributed by atoms with Gasteiger partial charge in [-0.2, -0.15) is 35.1 Å². The van der Waals surface area contributed by atoms with Crippen LogP contribution in [-0.2, 0) is 4.74 Å². The second kappa shape index (κ2) is 3.95. The lowest BCUT2D eigenvalue weighted by atomic mass is 10.0. The van der Waals surface area contributed by atoms with E-state index in [1.165, 1.54) is 0 Å². The lowest BCUT2D eigenvalue weighted by Crippen LogP contribution is -2.56. The molecule has 9 heteroatoms. The van der Waals surface area contributed by atoms with Gasteiger partial charge in [-0.05, 0) is 0 Å². The third-order valence-corrected chi connectivity index (χ3v) is 1.48. The summed E-state index contributed by atoms with van der Waals surface area (Å²) in [4.78, 5) is 0. The fraction of sp³-hybridized carbons (Fsp3) is 0.667. The normalized spacial score (nSPS) is 13.9. The second-order valence-electron chi connectivity index (χ2n) is 2.37. The van der Waals surface area contributed by atoms with Gasteiger partial charge in [0.15, 0.2) is 0 Å². The van der Waals surface area contributed by atoms with Crippen molar-refractivity contribution in [3.8, 4) is 0 Å². The molecule has 0 bridgehead atoms. The van der Waals surface area contributed by atoms with Crippen LogP contribution in [-0.4, -0.2) is 25.1 Å². The van der Waals surface area contributed by atoms with Crippen molar-refractivity contribution in [2.24, 2.45) is 0 Å². The van der Waals surface area contributed by atoms with Gasteiger partial charge in [0.25, 0.3) is 11.7 Å². The SMILES string of the molecule is COC(C=C(F)F)(C(F)(F)F)C(F)(F)F. The standard InChI is InChI=1S/C6H4F8O/c1-15-4(2-3(7)8,5(9,10)11)6(12,13)14/h2H,1H3. The minimum absolute atomic E-state index is 0.0421. The first-order valence-corrected chi connectivity index (χ1v) is 3.20. The minimum atomic E-state index is -6.02. The summed E-state index contributed by atoms with van der Waals surface area (Å²) in [5, 5.41) is 0. The molecule has 0 aromatic heterocycles. The van der Waals surface area contributed by atoms with Crippen LogP contribution in [0.5, 0.6) is 0 Å². The van der Waals surface area contributed by atoms with Crippen LogP contribution in [0.2, 0.25) is 0 Å². The van der Waals surface area contributed by atoms with E-state index in [1.807, 2.05) is 0 Å². The van der Waals surface area contributed by atoms with Crippen LogP contribution in [0.25, 0.3) is 0 Å². The van der Waals surface area contributed by atoms with Crippen LogP contribution in [0.3, 0.4) is 0 Å². The van der Waals surface area contributed by atoms with Gasteiger partial charge in [0.2, 0.25) is 0 Å². The molecule has 0 aliphatic carbocycles. The second-order valence-corrected chi connectivity index (χ2v) is 2.37. The fourth-order valence-corrected chi connectivity index (χ4v) is 0.768. The molecule has 0 amide bonds. The van der Waals surface area contributed by atoms with Gasteiger partial charge < -0.3 is 4.74 Å². The molecule has 0 aromatic carbocycles. The number of halogens is 8. The maximum Gasteiger partial charge on any atom is 0.430 e. The van der Waals surface area contributed by atoms with E-state index in [2.05, 4.69) is 4.74 Å². The zero-order chi connectivity index (χ0) is 12.5. The first-order chi connectivity index (χ1) is 6.48. The van der Waals surface area contributed by atoms with Crippen molar-refractivity contribution < 1.29 is 39.9 Å². The van der Waals surface area contributed by atoms with E-state index >= 15 is 0 Å². The molecule has 15 heavy (non-hydrogen) atoms. The average Bonchev–Trinajstić information content (AvgIpc) is 1.94. The van der Waals surface area contributed by atoms with E-state index in [0.29, 0.717) is 0 Å². The molecule has 0 saturated heterocycles. The Hall–Kier alpha value is -0.860. The Balaban J connectivity index is 5.65. The first-order valence-electron chi connectivity index (χ1n) is 3.20. The van der Waals surface area contributed by atoms with E-state index in [9.17, 15) is 35.1 Å². The number of hydrogen-bond donors (Lipinski definition) is 0. The van der Waals surface area contributed by atoms with Gasteiger partial charge in [-0.15, -0.1) is 0 Å². The molecule has 0 N–H and O–H groups in total. The van der Waals surface area contributed by atoms with Gasteiger partial charge in [0.1, 0.15) is 0 Å². The van der Waals surface area contributed by atoms with Gasteiger partial charge in [-0.1, -0.05) is 0 Å². The van der Waals surface area contributed by atoms with Crippen LogP contribution in [0.1, 0.15) is 0 Å². The van der Waals surface area contributed by atoms with E-state index in [-0.39, 0.29) is 7.11 Å². The van der Waals surface area contributed by atoms with Gasteiger partial charge in [-0.3, -0.25) is 0 Å². The summed E-state index contributed by atoms with van der Waals surface area (Å²) in [7, 11) is 0.0421. The van der Waals surface area contributed by atoms with Crippen LogP contribution in [0.4, 0.5) is 35.1 Å². The van der Waals surface area contributed by atoms with Crippen molar-refractivity contribution in [3.63, 3.8) is 0 Å². The van der Waals surface area contributed by atoms with E-state index in [4.69, 9.17) is 0 Å². The molecule has 90 valence electrons. The molecule has 0 atom stereocenters. The lowest BCUT2D eigenvalue weighted by molar-refractivity contribution is -0.355. The first kappa shape index (κ1) is 14.1. The summed E-state index contributed by atoms with van der Waals surface area (Å²) >= 11 is 0. The number of ether oxygens (including phenoxy) is 1. The summed E-state index contributed by atoms with van der Waals surface area (Å²) in [5.74, 6) is 0. The van der Waals surface area contributed by atoms with Crippen LogP contribution < -0.4 is 0 Å². The van der Waals surface area contributed by atoms with Crippen LogP contribution in [0, 0.1) is 0 Å². The van der Waals surface area contributed by atoms with Crippen molar-refractivity contribution in [2.75, 3.05) is 7.11 Å². The quantitative estimate of drug-likeness (QED) is 0.677. The Kier molecular flexibility index (Phi) is 3.72. The minimum Gasteiger partial charge on any atom is -0.358 e. The molecule has 0 aliphatic heterocycles. The highest BCUT2D eigenvalue weighted by molar-refractivity contribution is 5.12. The highest BCUT2D eigenvalue weighted by atomic mass is 19.4. The molecule has 0 aromatic rings. The molecular formula is C6H4F8O. The molecule has 0 rings (SSSR count). The number of hydrogen-bond acceptors (Lipinski definition) is 1. The summed E-state index contributed by atoms with van der Waals surface area (Å²) < 4.78 is 98.3. The number of alkyl halides is 6. The zero-order valence-corrected chi connectivity index (χ0v) is 7.01. The van der Waals surface area contributed by atoms with E-state index in [0.717, 1.165) is 0 Å². The highest BCUT2D eigenvalue weighted by Gasteiger charge is 2.71. The predicted octanol–water partition coefficient (Wildman–Crippen LogP) is 3.28. The third kappa shape index (κ3) is 2.58. The lowest BCUT2D eigenvalue weighted by Gasteiger charge is -2.32. The van der Waals surface area contributed by atoms with Crippen LogP contribution >= 0.6 is 0 Å². The summed E-state index contributed by atoms with van der Waals surface area (Å²) in [6, 6.07) is 0. The Morgan fingerprint density at radius 1 is 0.933 bits per heavy atom. The third-order valence-electron chi connectivity index (χ3n) is 1.48. The maximum atomic E-state index is 12.0. The largest absolute Gasteiger partial charge is 0.430 e. The molecule has 0 aliphatic rings. The van der Waals surface area contributed by atoms with Crippen molar-refractivity contribution in [3.05, 3.63) is 12.2 Å². The van der Waals surface area contributed by atoms with E-state index in [1.54, 1.807) is 0 Å². The topological polar surface area (TPSA) is 9.23 Å². The Morgan fingerprint density at radius 2 is 1.27 bits per heavy atom. The zero-order valence-electron chi connectivity index (χ0n) is 7.01. The fourth-order valence-electron chi connectivity index (χ4n) is 0.768. The molecule has 1 nitrogen and oxygen atoms in total.